The Balaban J connectivity index is 4.12. The van der Waals surface area contributed by atoms with E-state index in [1.165, 1.54) is 7.11 Å². The van der Waals surface area contributed by atoms with E-state index in [9.17, 15) is 9.59 Å². The van der Waals surface area contributed by atoms with Crippen molar-refractivity contribution in [2.45, 2.75) is 26.7 Å². The highest BCUT2D eigenvalue weighted by Crippen LogP contribution is 2.12. The van der Waals surface area contributed by atoms with Gasteiger partial charge in [0.25, 0.3) is 0 Å². The van der Waals surface area contributed by atoms with Gasteiger partial charge in [-0.05, 0) is 0 Å². The molecule has 78 valence electrons. The van der Waals surface area contributed by atoms with Crippen molar-refractivity contribution in [3.63, 3.8) is 0 Å². The largest absolute Gasteiger partial charge is 0.469 e. The maximum absolute atomic E-state index is 11.3. The molecule has 0 aliphatic rings. The molecule has 1 atom stereocenters. The summed E-state index contributed by atoms with van der Waals surface area (Å²) in [5.74, 6) is 1.77. The molecule has 0 aromatic heterocycles. The van der Waals surface area contributed by atoms with Gasteiger partial charge in [0.1, 0.15) is 5.78 Å². The van der Waals surface area contributed by atoms with Gasteiger partial charge in [0, 0.05) is 18.3 Å². The Morgan fingerprint density at radius 3 is 2.29 bits per heavy atom. The molecule has 14 heavy (non-hydrogen) atoms. The summed E-state index contributed by atoms with van der Waals surface area (Å²) in [6.07, 6.45) is 5.58. The number of hydrogen-bond acceptors (Lipinski definition) is 3. The van der Waals surface area contributed by atoms with Gasteiger partial charge >= 0.3 is 5.97 Å². The highest BCUT2D eigenvalue weighted by atomic mass is 16.5. The van der Waals surface area contributed by atoms with Crippen LogP contribution in [0, 0.1) is 24.2 Å². The molecule has 0 aromatic carbocycles. The average molecular weight is 196 g/mol. The summed E-state index contributed by atoms with van der Waals surface area (Å²) < 4.78 is 4.48. The number of ketones is 1. The van der Waals surface area contributed by atoms with Crippen molar-refractivity contribution in [2.24, 2.45) is 11.8 Å². The molecule has 3 heteroatoms. The summed E-state index contributed by atoms with van der Waals surface area (Å²) in [5.41, 5.74) is 0. The van der Waals surface area contributed by atoms with Gasteiger partial charge in [0.2, 0.25) is 0 Å². The topological polar surface area (TPSA) is 43.4 Å². The molecule has 0 spiro atoms. The van der Waals surface area contributed by atoms with Crippen molar-refractivity contribution < 1.29 is 14.3 Å². The lowest BCUT2D eigenvalue weighted by atomic mass is 9.95. The normalized spacial score (nSPS) is 11.9. The van der Waals surface area contributed by atoms with Crippen LogP contribution in [0.4, 0.5) is 0 Å². The first-order chi connectivity index (χ1) is 6.51. The van der Waals surface area contributed by atoms with E-state index in [1.807, 2.05) is 13.8 Å². The Hall–Kier alpha value is -1.30. The Kier molecular flexibility index (Phi) is 5.62. The minimum absolute atomic E-state index is 0.0384. The van der Waals surface area contributed by atoms with Crippen LogP contribution in [-0.4, -0.2) is 18.9 Å². The van der Waals surface area contributed by atoms with Crippen LogP contribution in [0.5, 0.6) is 0 Å². The quantitative estimate of drug-likeness (QED) is 0.493. The second-order valence-corrected chi connectivity index (χ2v) is 3.47. The molecule has 0 aromatic rings. The molecular formula is C11H16O3. The first-order valence-corrected chi connectivity index (χ1v) is 4.56. The lowest BCUT2D eigenvalue weighted by molar-refractivity contribution is -0.141. The van der Waals surface area contributed by atoms with Crippen LogP contribution in [0.3, 0.4) is 0 Å². The molecule has 0 heterocycles. The minimum Gasteiger partial charge on any atom is -0.469 e. The average Bonchev–Trinajstić information content (AvgIpc) is 2.16. The fourth-order valence-corrected chi connectivity index (χ4v) is 0.953. The summed E-state index contributed by atoms with van der Waals surface area (Å²) in [6.45, 7) is 3.63. The van der Waals surface area contributed by atoms with Crippen LogP contribution >= 0.6 is 0 Å². The summed E-state index contributed by atoms with van der Waals surface area (Å²) in [6, 6.07) is 0. The number of Topliss-reactive ketones (excluding diaryl/α,β-unsaturated/α-hetero) is 1. The Morgan fingerprint density at radius 2 is 1.93 bits per heavy atom. The van der Waals surface area contributed by atoms with Crippen molar-refractivity contribution in [3.05, 3.63) is 0 Å². The van der Waals surface area contributed by atoms with Crippen molar-refractivity contribution in [2.75, 3.05) is 7.11 Å². The van der Waals surface area contributed by atoms with Crippen molar-refractivity contribution in [1.29, 1.82) is 0 Å². The summed E-state index contributed by atoms with van der Waals surface area (Å²) in [4.78, 5) is 22.2. The zero-order chi connectivity index (χ0) is 11.1. The van der Waals surface area contributed by atoms with E-state index in [0.717, 1.165) is 0 Å². The molecule has 0 unspecified atom stereocenters. The maximum Gasteiger partial charge on any atom is 0.306 e. The van der Waals surface area contributed by atoms with Gasteiger partial charge in [-0.3, -0.25) is 9.59 Å². The van der Waals surface area contributed by atoms with Crippen molar-refractivity contribution >= 4 is 11.8 Å². The molecule has 0 N–H and O–H groups in total. The SMILES string of the molecule is C#C[C@@H](CC(=O)OC)CC(=O)C(C)C. The van der Waals surface area contributed by atoms with Crippen molar-refractivity contribution in [1.82, 2.24) is 0 Å². The van der Waals surface area contributed by atoms with Crippen LogP contribution in [0.1, 0.15) is 26.7 Å². The second-order valence-electron chi connectivity index (χ2n) is 3.47. The van der Waals surface area contributed by atoms with Crippen LogP contribution in [-0.2, 0) is 14.3 Å². The third kappa shape index (κ3) is 4.66. The molecule has 3 nitrogen and oxygen atoms in total. The number of esters is 1. The molecule has 0 aliphatic carbocycles. The monoisotopic (exact) mass is 196 g/mol. The van der Waals surface area contributed by atoms with Crippen LogP contribution < -0.4 is 0 Å². The molecule has 0 saturated heterocycles. The van der Waals surface area contributed by atoms with E-state index in [1.54, 1.807) is 0 Å². The molecule has 0 radical (unpaired) electrons. The molecule has 0 fully saturated rings. The van der Waals surface area contributed by atoms with Crippen LogP contribution in [0.15, 0.2) is 0 Å². The van der Waals surface area contributed by atoms with E-state index in [-0.39, 0.29) is 36.4 Å². The maximum atomic E-state index is 11.3. The Bertz CT molecular complexity index is 248. The number of ether oxygens (including phenoxy) is 1. The summed E-state index contributed by atoms with van der Waals surface area (Å²) in [5, 5.41) is 0. The summed E-state index contributed by atoms with van der Waals surface area (Å²) >= 11 is 0. The Labute approximate surface area is 84.8 Å². The van der Waals surface area contributed by atoms with Crippen molar-refractivity contribution in [3.8, 4) is 12.3 Å². The number of rotatable bonds is 5. The first-order valence-electron chi connectivity index (χ1n) is 4.56. The molecule has 0 aliphatic heterocycles. The second kappa shape index (κ2) is 6.20. The van der Waals surface area contributed by atoms with E-state index in [0.29, 0.717) is 0 Å². The Morgan fingerprint density at radius 1 is 1.36 bits per heavy atom. The number of methoxy groups -OCH3 is 1. The van der Waals surface area contributed by atoms with Gasteiger partial charge in [-0.1, -0.05) is 13.8 Å². The van der Waals surface area contributed by atoms with E-state index in [2.05, 4.69) is 10.7 Å². The predicted molar refractivity (Wildman–Crippen MR) is 53.4 cm³/mol. The third-order valence-electron chi connectivity index (χ3n) is 1.97. The number of hydrogen-bond donors (Lipinski definition) is 0. The van der Waals surface area contributed by atoms with Gasteiger partial charge in [-0.15, -0.1) is 12.3 Å². The van der Waals surface area contributed by atoms with Gasteiger partial charge in [-0.2, -0.15) is 0 Å². The number of carbonyl (C=O) groups is 2. The fourth-order valence-electron chi connectivity index (χ4n) is 0.953. The van der Waals surface area contributed by atoms with Crippen LogP contribution in [0.25, 0.3) is 0 Å². The van der Waals surface area contributed by atoms with E-state index < -0.39 is 0 Å². The first kappa shape index (κ1) is 12.7. The standard InChI is InChI=1S/C11H16O3/c1-5-9(7-11(13)14-4)6-10(12)8(2)3/h1,8-9H,6-7H2,2-4H3/t9-/m1/s1. The number of carbonyl (C=O) groups excluding carboxylic acids is 2. The highest BCUT2D eigenvalue weighted by Gasteiger charge is 2.17. The minimum atomic E-state index is -0.371. The van der Waals surface area contributed by atoms with Gasteiger partial charge in [-0.25, -0.2) is 0 Å². The zero-order valence-corrected chi connectivity index (χ0v) is 8.87. The molecular weight excluding hydrogens is 180 g/mol. The third-order valence-corrected chi connectivity index (χ3v) is 1.97. The van der Waals surface area contributed by atoms with Gasteiger partial charge in [0.15, 0.2) is 0 Å². The molecule has 0 rings (SSSR count). The lowest BCUT2D eigenvalue weighted by Crippen LogP contribution is -2.16. The fraction of sp³-hybridized carbons (Fsp3) is 0.636. The molecule has 0 amide bonds. The van der Waals surface area contributed by atoms with Gasteiger partial charge in [0.05, 0.1) is 13.5 Å². The van der Waals surface area contributed by atoms with Crippen LogP contribution in [0.2, 0.25) is 0 Å². The lowest BCUT2D eigenvalue weighted by Gasteiger charge is -2.09. The smallest absolute Gasteiger partial charge is 0.306 e. The predicted octanol–water partition coefficient (Wildman–Crippen LogP) is 1.41. The molecule has 0 bridgehead atoms. The highest BCUT2D eigenvalue weighted by molar-refractivity contribution is 5.81. The number of terminal acetylenes is 1. The summed E-state index contributed by atoms with van der Waals surface area (Å²) in [7, 11) is 1.31. The zero-order valence-electron chi connectivity index (χ0n) is 8.87. The van der Waals surface area contributed by atoms with E-state index >= 15 is 0 Å². The molecule has 0 saturated carbocycles. The van der Waals surface area contributed by atoms with E-state index in [4.69, 9.17) is 6.42 Å². The van der Waals surface area contributed by atoms with Gasteiger partial charge < -0.3 is 4.74 Å².